The molecule has 1 amide bonds. The molecule has 150 valence electrons. The molecule has 1 N–H and O–H groups in total. The molecule has 2 aromatic rings. The highest BCUT2D eigenvalue weighted by Crippen LogP contribution is 2.40. The number of likely N-dealkylation sites (tertiary alicyclic amines) is 1. The van der Waals surface area contributed by atoms with Gasteiger partial charge >= 0.3 is 0 Å². The first-order valence-electron chi connectivity index (χ1n) is 8.60. The van der Waals surface area contributed by atoms with Crippen molar-refractivity contribution < 1.29 is 17.8 Å². The number of carbonyl (C=O) groups excluding carboxylic acids is 1. The topological polar surface area (TPSA) is 74.7 Å². The minimum Gasteiger partial charge on any atom is -0.340 e. The van der Waals surface area contributed by atoms with E-state index in [4.69, 9.17) is 23.2 Å². The van der Waals surface area contributed by atoms with Crippen LogP contribution in [0.4, 0.5) is 0 Å². The lowest BCUT2D eigenvalue weighted by molar-refractivity contribution is -0.132. The molecule has 0 bridgehead atoms. The van der Waals surface area contributed by atoms with Crippen LogP contribution in [0.3, 0.4) is 0 Å². The third-order valence-corrected chi connectivity index (χ3v) is 8.86. The monoisotopic (exact) mass is 505 g/mol. The van der Waals surface area contributed by atoms with Gasteiger partial charge in [-0.05, 0) is 57.9 Å². The van der Waals surface area contributed by atoms with Crippen LogP contribution in [0, 0.1) is 0 Å². The average molecular weight is 507 g/mol. The highest BCUT2D eigenvalue weighted by Gasteiger charge is 2.52. The van der Waals surface area contributed by atoms with Crippen molar-refractivity contribution in [2.45, 2.75) is 22.4 Å². The van der Waals surface area contributed by atoms with Gasteiger partial charge in [0.05, 0.1) is 10.0 Å². The molecule has 1 saturated heterocycles. The highest BCUT2D eigenvalue weighted by atomic mass is 79.9. The average Bonchev–Trinajstić information content (AvgIpc) is 2.69. The minimum absolute atomic E-state index is 0.161. The summed E-state index contributed by atoms with van der Waals surface area (Å²) < 4.78 is 31.9. The zero-order valence-electron chi connectivity index (χ0n) is 14.7. The van der Waals surface area contributed by atoms with Crippen molar-refractivity contribution in [3.63, 3.8) is 0 Å². The quantitative estimate of drug-likeness (QED) is 0.475. The zero-order valence-corrected chi connectivity index (χ0v) is 18.6. The predicted molar refractivity (Wildman–Crippen MR) is 114 cm³/mol. The number of rotatable bonds is 4. The van der Waals surface area contributed by atoms with Gasteiger partial charge in [0.1, 0.15) is 0 Å². The second-order valence-electron chi connectivity index (χ2n) is 6.68. The van der Waals surface area contributed by atoms with Crippen molar-refractivity contribution in [1.82, 2.24) is 4.90 Å². The fraction of sp³-hybridized carbons (Fsp3) is 0.316. The van der Waals surface area contributed by atoms with E-state index < -0.39 is 19.7 Å². The van der Waals surface area contributed by atoms with Gasteiger partial charge < -0.3 is 4.90 Å². The Morgan fingerprint density at radius 3 is 2.21 bits per heavy atom. The third-order valence-electron chi connectivity index (χ3n) is 4.97. The number of benzene rings is 2. The van der Waals surface area contributed by atoms with Crippen LogP contribution in [0.5, 0.6) is 0 Å². The number of amides is 1. The van der Waals surface area contributed by atoms with Gasteiger partial charge in [0.2, 0.25) is 0 Å². The first-order chi connectivity index (χ1) is 13.1. The Morgan fingerprint density at radius 2 is 1.68 bits per heavy atom. The smallest absolute Gasteiger partial charge is 0.294 e. The number of piperidine rings is 1. The summed E-state index contributed by atoms with van der Waals surface area (Å²) in [6, 6.07) is 13.4. The largest absolute Gasteiger partial charge is 0.340 e. The first kappa shape index (κ1) is 21.6. The number of halogens is 3. The second kappa shape index (κ2) is 8.32. The van der Waals surface area contributed by atoms with E-state index in [2.05, 4.69) is 15.9 Å². The number of hydrogen-bond acceptors (Lipinski definition) is 3. The molecule has 0 radical (unpaired) electrons. The summed E-state index contributed by atoms with van der Waals surface area (Å²) in [6.07, 6.45) is 1.29. The Morgan fingerprint density at radius 1 is 1.07 bits per heavy atom. The Bertz CT molecular complexity index is 979. The summed E-state index contributed by atoms with van der Waals surface area (Å²) in [5.41, 5.74) is 1.19. The third kappa shape index (κ3) is 4.09. The maximum absolute atomic E-state index is 13.1. The number of alkyl halides is 1. The Kier molecular flexibility index (Phi) is 6.41. The lowest BCUT2D eigenvalue weighted by atomic mass is 9.89. The Labute approximate surface area is 182 Å². The van der Waals surface area contributed by atoms with Crippen LogP contribution in [0.1, 0.15) is 29.9 Å². The van der Waals surface area contributed by atoms with Gasteiger partial charge in [-0.15, -0.1) is 0 Å². The van der Waals surface area contributed by atoms with Crippen LogP contribution in [0.2, 0.25) is 10.0 Å². The van der Waals surface area contributed by atoms with Crippen molar-refractivity contribution in [3.8, 4) is 0 Å². The molecular formula is C19H18BrCl2NO4S. The summed E-state index contributed by atoms with van der Waals surface area (Å²) in [5, 5.41) is 0.964. The van der Waals surface area contributed by atoms with Crippen molar-refractivity contribution >= 4 is 55.2 Å². The van der Waals surface area contributed by atoms with Gasteiger partial charge in [-0.2, -0.15) is 8.42 Å². The summed E-state index contributed by atoms with van der Waals surface area (Å²) >= 11 is 15.1. The Balaban J connectivity index is 1.80. The molecule has 3 rings (SSSR count). The van der Waals surface area contributed by atoms with Crippen LogP contribution in [0.15, 0.2) is 48.5 Å². The van der Waals surface area contributed by atoms with Crippen molar-refractivity contribution in [2.75, 3.05) is 13.1 Å². The number of nitrogens with zero attached hydrogens (tertiary/aromatic N) is 1. The fourth-order valence-electron chi connectivity index (χ4n) is 3.42. The van der Waals surface area contributed by atoms with E-state index >= 15 is 0 Å². The second-order valence-corrected chi connectivity index (χ2v) is 10.8. The van der Waals surface area contributed by atoms with E-state index in [0.29, 0.717) is 36.0 Å². The van der Waals surface area contributed by atoms with Crippen LogP contribution >= 0.6 is 39.1 Å². The molecule has 0 aromatic heterocycles. The van der Waals surface area contributed by atoms with E-state index in [1.54, 1.807) is 24.3 Å². The summed E-state index contributed by atoms with van der Waals surface area (Å²) in [6.45, 7) is 0.721. The van der Waals surface area contributed by atoms with Crippen molar-refractivity contribution in [3.05, 3.63) is 69.7 Å². The van der Waals surface area contributed by atoms with Gasteiger partial charge in [0.25, 0.3) is 19.7 Å². The van der Waals surface area contributed by atoms with E-state index in [0.717, 1.165) is 5.56 Å². The molecule has 0 saturated carbocycles. The van der Waals surface area contributed by atoms with E-state index in [1.165, 1.54) is 17.0 Å². The molecule has 0 spiro atoms. The van der Waals surface area contributed by atoms with Gasteiger partial charge in [0, 0.05) is 13.1 Å². The molecule has 9 heteroatoms. The van der Waals surface area contributed by atoms with E-state index in [-0.39, 0.29) is 11.5 Å². The predicted octanol–water partition coefficient (Wildman–Crippen LogP) is 4.84. The lowest BCUT2D eigenvalue weighted by Gasteiger charge is -2.36. The molecule has 5 nitrogen and oxygen atoms in total. The fourth-order valence-corrected chi connectivity index (χ4v) is 5.03. The van der Waals surface area contributed by atoms with E-state index in [9.17, 15) is 17.8 Å². The normalized spacial score (nSPS) is 17.9. The Hall–Kier alpha value is -1.12. The molecule has 28 heavy (non-hydrogen) atoms. The highest BCUT2D eigenvalue weighted by molar-refractivity contribution is 9.11. The molecule has 1 heterocycles. The number of carbonyl (C=O) groups is 1. The summed E-state index contributed by atoms with van der Waals surface area (Å²) in [7, 11) is -4.75. The minimum atomic E-state index is -4.75. The maximum atomic E-state index is 13.1. The van der Waals surface area contributed by atoms with E-state index in [1.807, 2.05) is 12.1 Å². The molecule has 1 unspecified atom stereocenters. The molecule has 1 aliphatic rings. The summed E-state index contributed by atoms with van der Waals surface area (Å²) in [5.74, 6) is -0.514. The van der Waals surface area contributed by atoms with Crippen molar-refractivity contribution in [2.24, 2.45) is 0 Å². The van der Waals surface area contributed by atoms with Crippen LogP contribution in [-0.2, 0) is 18.6 Å². The molecule has 1 aliphatic heterocycles. The maximum Gasteiger partial charge on any atom is 0.294 e. The van der Waals surface area contributed by atoms with Crippen LogP contribution in [-0.4, -0.2) is 36.9 Å². The van der Waals surface area contributed by atoms with Crippen molar-refractivity contribution in [1.29, 1.82) is 0 Å². The van der Waals surface area contributed by atoms with Gasteiger partial charge in [-0.25, -0.2) is 0 Å². The standard InChI is InChI=1S/C19H18BrCl2NO4S/c20-19(28(25,26)27,15-4-2-1-3-5-15)18(24)23-10-8-13(9-11-23)14-6-7-16(21)17(22)12-14/h1-7,12-13H,8-11H2,(H,25,26,27). The number of hydrogen-bond donors (Lipinski definition) is 1. The van der Waals surface area contributed by atoms with Gasteiger partial charge in [-0.3, -0.25) is 9.35 Å². The van der Waals surface area contributed by atoms with Crippen LogP contribution < -0.4 is 0 Å². The SMILES string of the molecule is O=C(N1CCC(c2ccc(Cl)c(Cl)c2)CC1)C(Br)(c1ccccc1)S(=O)(=O)O. The summed E-state index contributed by atoms with van der Waals surface area (Å²) in [4.78, 5) is 14.6. The molecule has 2 aromatic carbocycles. The zero-order chi connectivity index (χ0) is 20.5. The lowest BCUT2D eigenvalue weighted by Crippen LogP contribution is -2.50. The van der Waals surface area contributed by atoms with Crippen LogP contribution in [0.25, 0.3) is 0 Å². The van der Waals surface area contributed by atoms with Gasteiger partial charge in [0.15, 0.2) is 0 Å². The molecule has 1 atom stereocenters. The molecule has 1 fully saturated rings. The molecule has 0 aliphatic carbocycles. The first-order valence-corrected chi connectivity index (χ1v) is 11.6. The molecular weight excluding hydrogens is 489 g/mol. The van der Waals surface area contributed by atoms with Gasteiger partial charge in [-0.1, -0.05) is 59.6 Å².